The average Bonchev–Trinajstić information content (AvgIpc) is 2.94. The molecule has 2 aromatic carbocycles. The molecule has 1 heterocycles. The zero-order valence-corrected chi connectivity index (χ0v) is 12.4. The van der Waals surface area contributed by atoms with Gasteiger partial charge in [0, 0.05) is 11.8 Å². The fraction of sp³-hybridized carbons (Fsp3) is 0.111. The summed E-state index contributed by atoms with van der Waals surface area (Å²) in [7, 11) is 0. The Bertz CT molecular complexity index is 848. The summed E-state index contributed by atoms with van der Waals surface area (Å²) in [6.45, 7) is 1.68. The van der Waals surface area contributed by atoms with Gasteiger partial charge in [0.05, 0.1) is 5.39 Å². The van der Waals surface area contributed by atoms with Crippen LogP contribution >= 0.6 is 0 Å². The lowest BCUT2D eigenvalue weighted by Crippen LogP contribution is -2.08. The quantitative estimate of drug-likeness (QED) is 0.539. The molecule has 0 amide bonds. The van der Waals surface area contributed by atoms with Crippen LogP contribution in [0.15, 0.2) is 59.0 Å². The highest BCUT2D eigenvalue weighted by Crippen LogP contribution is 2.33. The van der Waals surface area contributed by atoms with Crippen molar-refractivity contribution >= 4 is 22.7 Å². The highest BCUT2D eigenvalue weighted by molar-refractivity contribution is 6.05. The first-order chi connectivity index (χ1) is 11.2. The molecule has 116 valence electrons. The van der Waals surface area contributed by atoms with Crippen molar-refractivity contribution in [1.29, 1.82) is 0 Å². The SMILES string of the molecule is CCC(=O)Oc1oc(C(=O)Oc2ccccc2)c2ccccc12. The number of benzene rings is 2. The second-order valence-electron chi connectivity index (χ2n) is 4.79. The lowest BCUT2D eigenvalue weighted by atomic mass is 10.2. The number of furan rings is 1. The molecule has 5 heteroatoms. The molecular weight excluding hydrogens is 296 g/mol. The number of hydrogen-bond donors (Lipinski definition) is 0. The molecule has 0 aliphatic carbocycles. The van der Waals surface area contributed by atoms with E-state index in [2.05, 4.69) is 0 Å². The monoisotopic (exact) mass is 310 g/mol. The molecule has 0 fully saturated rings. The fourth-order valence-electron chi connectivity index (χ4n) is 2.11. The second kappa shape index (κ2) is 6.36. The molecule has 0 unspecified atom stereocenters. The highest BCUT2D eigenvalue weighted by atomic mass is 16.6. The van der Waals surface area contributed by atoms with E-state index < -0.39 is 11.9 Å². The van der Waals surface area contributed by atoms with Crippen molar-refractivity contribution in [2.75, 3.05) is 0 Å². The highest BCUT2D eigenvalue weighted by Gasteiger charge is 2.23. The lowest BCUT2D eigenvalue weighted by Gasteiger charge is -2.01. The van der Waals surface area contributed by atoms with Gasteiger partial charge in [-0.15, -0.1) is 0 Å². The zero-order valence-electron chi connectivity index (χ0n) is 12.4. The van der Waals surface area contributed by atoms with Crippen molar-refractivity contribution < 1.29 is 23.5 Å². The van der Waals surface area contributed by atoms with E-state index in [-0.39, 0.29) is 18.1 Å². The molecule has 3 rings (SSSR count). The van der Waals surface area contributed by atoms with Crippen molar-refractivity contribution in [1.82, 2.24) is 0 Å². The van der Waals surface area contributed by atoms with Crippen LogP contribution in [-0.2, 0) is 4.79 Å². The number of hydrogen-bond acceptors (Lipinski definition) is 5. The molecule has 0 saturated heterocycles. The Morgan fingerprint density at radius 3 is 2.26 bits per heavy atom. The maximum atomic E-state index is 12.3. The average molecular weight is 310 g/mol. The Hall–Kier alpha value is -3.08. The number of para-hydroxylation sites is 1. The van der Waals surface area contributed by atoms with Crippen molar-refractivity contribution in [3.05, 3.63) is 60.4 Å². The number of ether oxygens (including phenoxy) is 2. The Kier molecular flexibility index (Phi) is 4.10. The summed E-state index contributed by atoms with van der Waals surface area (Å²) in [5.74, 6) is -0.667. The van der Waals surface area contributed by atoms with Crippen LogP contribution in [0.2, 0.25) is 0 Å². The molecular formula is C18H14O5. The van der Waals surface area contributed by atoms with Gasteiger partial charge in [0.1, 0.15) is 5.75 Å². The minimum Gasteiger partial charge on any atom is -0.421 e. The molecule has 0 aliphatic heterocycles. The predicted molar refractivity (Wildman–Crippen MR) is 83.5 cm³/mol. The van der Waals surface area contributed by atoms with Crippen LogP contribution in [0, 0.1) is 0 Å². The fourth-order valence-corrected chi connectivity index (χ4v) is 2.11. The molecule has 1 aromatic heterocycles. The third-order valence-corrected chi connectivity index (χ3v) is 3.22. The standard InChI is InChI=1S/C18H14O5/c1-2-15(19)22-18-14-11-7-6-10-13(14)16(23-18)17(20)21-12-8-4-3-5-9-12/h3-11H,2H2,1H3. The van der Waals surface area contributed by atoms with Gasteiger partial charge in [0.25, 0.3) is 0 Å². The molecule has 0 atom stereocenters. The van der Waals surface area contributed by atoms with Crippen LogP contribution in [-0.4, -0.2) is 11.9 Å². The first-order valence-corrected chi connectivity index (χ1v) is 7.18. The number of carbonyl (C=O) groups excluding carboxylic acids is 2. The van der Waals surface area contributed by atoms with Gasteiger partial charge in [-0.1, -0.05) is 43.3 Å². The molecule has 0 spiro atoms. The summed E-state index contributed by atoms with van der Waals surface area (Å²) in [5.41, 5.74) is 0. The van der Waals surface area contributed by atoms with Crippen LogP contribution < -0.4 is 9.47 Å². The van der Waals surface area contributed by atoms with Crippen molar-refractivity contribution in [2.24, 2.45) is 0 Å². The topological polar surface area (TPSA) is 65.7 Å². The van der Waals surface area contributed by atoms with Gasteiger partial charge in [0.15, 0.2) is 0 Å². The van der Waals surface area contributed by atoms with Gasteiger partial charge in [-0.3, -0.25) is 4.79 Å². The van der Waals surface area contributed by atoms with E-state index in [9.17, 15) is 9.59 Å². The second-order valence-corrected chi connectivity index (χ2v) is 4.79. The van der Waals surface area contributed by atoms with Crippen molar-refractivity contribution in [3.8, 4) is 11.7 Å². The first kappa shape index (κ1) is 14.8. The summed E-state index contributed by atoms with van der Waals surface area (Å²) in [6.07, 6.45) is 0.207. The normalized spacial score (nSPS) is 10.5. The van der Waals surface area contributed by atoms with Gasteiger partial charge >= 0.3 is 17.9 Å². The van der Waals surface area contributed by atoms with Crippen LogP contribution in [0.25, 0.3) is 10.8 Å². The third kappa shape index (κ3) is 3.08. The van der Waals surface area contributed by atoms with Crippen LogP contribution in [0.1, 0.15) is 23.9 Å². The third-order valence-electron chi connectivity index (χ3n) is 3.22. The predicted octanol–water partition coefficient (Wildman–Crippen LogP) is 3.97. The Balaban J connectivity index is 1.97. The number of fused-ring (bicyclic) bond motifs is 1. The van der Waals surface area contributed by atoms with Crippen molar-refractivity contribution in [2.45, 2.75) is 13.3 Å². The van der Waals surface area contributed by atoms with Gasteiger partial charge in [0.2, 0.25) is 5.76 Å². The lowest BCUT2D eigenvalue weighted by molar-refractivity contribution is -0.135. The maximum Gasteiger partial charge on any atom is 0.380 e. The largest absolute Gasteiger partial charge is 0.421 e. The molecule has 0 radical (unpaired) electrons. The number of esters is 2. The summed E-state index contributed by atoms with van der Waals surface area (Å²) >= 11 is 0. The summed E-state index contributed by atoms with van der Waals surface area (Å²) in [6, 6.07) is 15.6. The van der Waals surface area contributed by atoms with Crippen LogP contribution in [0.4, 0.5) is 0 Å². The Labute approximate surface area is 132 Å². The minimum absolute atomic E-state index is 0.00311. The van der Waals surface area contributed by atoms with Gasteiger partial charge in [-0.2, -0.15) is 0 Å². The van der Waals surface area contributed by atoms with E-state index in [4.69, 9.17) is 13.9 Å². The summed E-state index contributed by atoms with van der Waals surface area (Å²) in [4.78, 5) is 23.8. The maximum absolute atomic E-state index is 12.3. The van der Waals surface area contributed by atoms with Crippen LogP contribution in [0.5, 0.6) is 11.7 Å². The molecule has 0 saturated carbocycles. The molecule has 3 aromatic rings. The van der Waals surface area contributed by atoms with Crippen molar-refractivity contribution in [3.63, 3.8) is 0 Å². The van der Waals surface area contributed by atoms with E-state index in [1.807, 2.05) is 6.07 Å². The Morgan fingerprint density at radius 1 is 0.913 bits per heavy atom. The summed E-state index contributed by atoms with van der Waals surface area (Å²) in [5, 5.41) is 1.08. The van der Waals surface area contributed by atoms with Crippen LogP contribution in [0.3, 0.4) is 0 Å². The zero-order chi connectivity index (χ0) is 16.2. The smallest absolute Gasteiger partial charge is 0.380 e. The molecule has 0 N–H and O–H groups in total. The molecule has 5 nitrogen and oxygen atoms in total. The number of carbonyl (C=O) groups is 2. The number of rotatable bonds is 4. The molecule has 23 heavy (non-hydrogen) atoms. The van der Waals surface area contributed by atoms with E-state index >= 15 is 0 Å². The minimum atomic E-state index is -0.647. The van der Waals surface area contributed by atoms with E-state index in [0.717, 1.165) is 0 Å². The molecule has 0 aliphatic rings. The molecule has 0 bridgehead atoms. The summed E-state index contributed by atoms with van der Waals surface area (Å²) < 4.78 is 15.9. The Morgan fingerprint density at radius 2 is 1.57 bits per heavy atom. The van der Waals surface area contributed by atoms with Gasteiger partial charge in [-0.25, -0.2) is 4.79 Å². The van der Waals surface area contributed by atoms with Gasteiger partial charge < -0.3 is 13.9 Å². The van der Waals surface area contributed by atoms with E-state index in [1.54, 1.807) is 55.5 Å². The first-order valence-electron chi connectivity index (χ1n) is 7.18. The van der Waals surface area contributed by atoms with Gasteiger partial charge in [-0.05, 0) is 18.2 Å². The van der Waals surface area contributed by atoms with E-state index in [0.29, 0.717) is 16.5 Å². The van der Waals surface area contributed by atoms with E-state index in [1.165, 1.54) is 0 Å².